The average Bonchev–Trinajstić information content (AvgIpc) is 2.91. The van der Waals surface area contributed by atoms with Crippen molar-refractivity contribution < 1.29 is 4.39 Å². The maximum absolute atomic E-state index is 13.9. The summed E-state index contributed by atoms with van der Waals surface area (Å²) in [7, 11) is 0. The summed E-state index contributed by atoms with van der Waals surface area (Å²) in [5.41, 5.74) is 0.803. The zero-order valence-electron chi connectivity index (χ0n) is 10.5. The zero-order chi connectivity index (χ0) is 12.7. The highest BCUT2D eigenvalue weighted by atomic mass is 79.9. The summed E-state index contributed by atoms with van der Waals surface area (Å²) in [4.78, 5) is 2.42. The highest BCUT2D eigenvalue weighted by Gasteiger charge is 2.38. The van der Waals surface area contributed by atoms with Crippen molar-refractivity contribution in [3.05, 3.63) is 34.1 Å². The number of fused-ring (bicyclic) bond motifs is 1. The van der Waals surface area contributed by atoms with Crippen LogP contribution in [0.1, 0.15) is 18.5 Å². The van der Waals surface area contributed by atoms with Gasteiger partial charge in [0.2, 0.25) is 0 Å². The van der Waals surface area contributed by atoms with Crippen molar-refractivity contribution in [1.29, 1.82) is 0 Å². The zero-order valence-corrected chi connectivity index (χ0v) is 12.1. The number of hydrogen-bond acceptors (Lipinski definition) is 2. The van der Waals surface area contributed by atoms with Gasteiger partial charge in [0.15, 0.2) is 0 Å². The van der Waals surface area contributed by atoms with Crippen LogP contribution in [-0.2, 0) is 0 Å². The Balaban J connectivity index is 1.78. The third kappa shape index (κ3) is 2.22. The smallest absolute Gasteiger partial charge is 0.128 e. The molecule has 0 aliphatic carbocycles. The molecule has 0 amide bonds. The predicted octanol–water partition coefficient (Wildman–Crippen LogP) is 2.80. The molecule has 0 spiro atoms. The molecule has 4 heteroatoms. The van der Waals surface area contributed by atoms with E-state index in [1.54, 1.807) is 12.1 Å². The van der Waals surface area contributed by atoms with E-state index in [4.69, 9.17) is 0 Å². The van der Waals surface area contributed by atoms with Crippen LogP contribution in [0.3, 0.4) is 0 Å². The summed E-state index contributed by atoms with van der Waals surface area (Å²) in [6.45, 7) is 6.53. The lowest BCUT2D eigenvalue weighted by Crippen LogP contribution is -2.29. The molecular formula is C14H18BrFN2. The van der Waals surface area contributed by atoms with Gasteiger partial charge in [-0.1, -0.05) is 15.9 Å². The molecule has 1 aromatic rings. The molecule has 2 fully saturated rings. The Hall–Kier alpha value is -0.450. The molecule has 0 radical (unpaired) electrons. The molecule has 1 N–H and O–H groups in total. The fourth-order valence-electron chi connectivity index (χ4n) is 3.24. The van der Waals surface area contributed by atoms with Crippen LogP contribution in [-0.4, -0.2) is 31.1 Å². The second-order valence-electron chi connectivity index (χ2n) is 5.47. The van der Waals surface area contributed by atoms with Crippen LogP contribution in [0.2, 0.25) is 0 Å². The number of hydrogen-bond donors (Lipinski definition) is 1. The van der Waals surface area contributed by atoms with Gasteiger partial charge in [0.1, 0.15) is 5.82 Å². The lowest BCUT2D eigenvalue weighted by molar-refractivity contribution is 0.239. The first-order valence-corrected chi connectivity index (χ1v) is 7.34. The normalized spacial score (nSPS) is 29.5. The fraction of sp³-hybridized carbons (Fsp3) is 0.571. The number of halogens is 2. The lowest BCUT2D eigenvalue weighted by atomic mass is 10.0. The molecule has 2 saturated heterocycles. The summed E-state index contributed by atoms with van der Waals surface area (Å²) < 4.78 is 14.9. The maximum Gasteiger partial charge on any atom is 0.128 e. The molecule has 3 unspecified atom stereocenters. The molecule has 0 saturated carbocycles. The minimum absolute atomic E-state index is 0.0964. The van der Waals surface area contributed by atoms with Crippen LogP contribution in [0, 0.1) is 17.7 Å². The summed E-state index contributed by atoms with van der Waals surface area (Å²) >= 11 is 3.43. The topological polar surface area (TPSA) is 15.3 Å². The van der Waals surface area contributed by atoms with Gasteiger partial charge in [-0.3, -0.25) is 4.90 Å². The molecule has 0 bridgehead atoms. The molecular weight excluding hydrogens is 295 g/mol. The first-order valence-electron chi connectivity index (χ1n) is 6.55. The van der Waals surface area contributed by atoms with E-state index in [1.807, 2.05) is 6.07 Å². The Morgan fingerprint density at radius 2 is 2.00 bits per heavy atom. The number of benzene rings is 1. The van der Waals surface area contributed by atoms with Gasteiger partial charge in [-0.15, -0.1) is 0 Å². The predicted molar refractivity (Wildman–Crippen MR) is 73.9 cm³/mol. The third-order valence-electron chi connectivity index (χ3n) is 4.37. The van der Waals surface area contributed by atoms with E-state index >= 15 is 0 Å². The minimum Gasteiger partial charge on any atom is -0.316 e. The molecule has 3 atom stereocenters. The average molecular weight is 313 g/mol. The van der Waals surface area contributed by atoms with E-state index in [2.05, 4.69) is 33.1 Å². The van der Waals surface area contributed by atoms with Crippen LogP contribution in [0.15, 0.2) is 22.7 Å². The molecule has 2 heterocycles. The van der Waals surface area contributed by atoms with E-state index < -0.39 is 0 Å². The first kappa shape index (κ1) is 12.6. The largest absolute Gasteiger partial charge is 0.316 e. The Bertz CT molecular complexity index is 439. The third-order valence-corrected chi connectivity index (χ3v) is 4.87. The van der Waals surface area contributed by atoms with Gasteiger partial charge in [-0.25, -0.2) is 4.39 Å². The Morgan fingerprint density at radius 1 is 1.33 bits per heavy atom. The highest BCUT2D eigenvalue weighted by Crippen LogP contribution is 2.34. The number of nitrogens with one attached hydrogen (secondary N) is 1. The molecule has 2 aliphatic heterocycles. The van der Waals surface area contributed by atoms with Crippen molar-refractivity contribution in [2.75, 3.05) is 26.2 Å². The van der Waals surface area contributed by atoms with Gasteiger partial charge in [-0.2, -0.15) is 0 Å². The van der Waals surface area contributed by atoms with E-state index in [9.17, 15) is 4.39 Å². The van der Waals surface area contributed by atoms with Crippen LogP contribution in [0.25, 0.3) is 0 Å². The number of nitrogens with zero attached hydrogens (tertiary/aromatic N) is 1. The minimum atomic E-state index is -0.0964. The van der Waals surface area contributed by atoms with Crippen LogP contribution >= 0.6 is 15.9 Å². The second-order valence-corrected chi connectivity index (χ2v) is 6.39. The van der Waals surface area contributed by atoms with Crippen molar-refractivity contribution >= 4 is 15.9 Å². The van der Waals surface area contributed by atoms with Crippen molar-refractivity contribution in [2.24, 2.45) is 11.8 Å². The monoisotopic (exact) mass is 312 g/mol. The van der Waals surface area contributed by atoms with Crippen LogP contribution < -0.4 is 5.32 Å². The maximum atomic E-state index is 13.9. The lowest BCUT2D eigenvalue weighted by Gasteiger charge is -2.26. The van der Waals surface area contributed by atoms with E-state index in [-0.39, 0.29) is 11.9 Å². The molecule has 2 nitrogen and oxygen atoms in total. The number of rotatable bonds is 2. The molecule has 18 heavy (non-hydrogen) atoms. The van der Waals surface area contributed by atoms with Crippen LogP contribution in [0.4, 0.5) is 4.39 Å². The fourth-order valence-corrected chi connectivity index (χ4v) is 3.62. The van der Waals surface area contributed by atoms with Crippen molar-refractivity contribution in [1.82, 2.24) is 10.2 Å². The van der Waals surface area contributed by atoms with Crippen molar-refractivity contribution in [2.45, 2.75) is 13.0 Å². The highest BCUT2D eigenvalue weighted by molar-refractivity contribution is 9.10. The van der Waals surface area contributed by atoms with Gasteiger partial charge in [-0.05, 0) is 50.0 Å². The second kappa shape index (κ2) is 4.91. The SMILES string of the molecule is CC(c1cc(Br)ccc1F)N1CC2CNCC2C1. The summed E-state index contributed by atoms with van der Waals surface area (Å²) in [5, 5.41) is 3.44. The Kier molecular flexibility index (Phi) is 3.43. The van der Waals surface area contributed by atoms with E-state index in [0.29, 0.717) is 0 Å². The molecule has 3 rings (SSSR count). The van der Waals surface area contributed by atoms with Gasteiger partial charge in [0.05, 0.1) is 0 Å². The first-order chi connectivity index (χ1) is 8.65. The molecule has 2 aliphatic rings. The number of likely N-dealkylation sites (tertiary alicyclic amines) is 1. The van der Waals surface area contributed by atoms with Crippen molar-refractivity contribution in [3.63, 3.8) is 0 Å². The summed E-state index contributed by atoms with van der Waals surface area (Å²) in [5.74, 6) is 1.41. The molecule has 98 valence electrons. The molecule has 0 aromatic heterocycles. The van der Waals surface area contributed by atoms with Gasteiger partial charge in [0.25, 0.3) is 0 Å². The Morgan fingerprint density at radius 3 is 2.67 bits per heavy atom. The summed E-state index contributed by atoms with van der Waals surface area (Å²) in [6, 6.07) is 5.38. The van der Waals surface area contributed by atoms with E-state index in [1.165, 1.54) is 0 Å². The standard InChI is InChI=1S/C14H18BrFN2/c1-9(13-4-12(15)2-3-14(13)16)18-7-10-5-17-6-11(10)8-18/h2-4,9-11,17H,5-8H2,1H3. The quantitative estimate of drug-likeness (QED) is 0.903. The summed E-state index contributed by atoms with van der Waals surface area (Å²) in [6.07, 6.45) is 0. The van der Waals surface area contributed by atoms with Gasteiger partial charge >= 0.3 is 0 Å². The Labute approximate surface area is 116 Å². The van der Waals surface area contributed by atoms with Crippen molar-refractivity contribution in [3.8, 4) is 0 Å². The van der Waals surface area contributed by atoms with Crippen LogP contribution in [0.5, 0.6) is 0 Å². The molecule has 1 aromatic carbocycles. The van der Waals surface area contributed by atoms with Gasteiger partial charge < -0.3 is 5.32 Å². The van der Waals surface area contributed by atoms with E-state index in [0.717, 1.165) is 48.1 Å². The van der Waals surface area contributed by atoms with Gasteiger partial charge in [0, 0.05) is 29.2 Å².